The Bertz CT molecular complexity index is 748. The predicted molar refractivity (Wildman–Crippen MR) is 130 cm³/mol. The van der Waals surface area contributed by atoms with Gasteiger partial charge in [-0.05, 0) is 53.4 Å². The smallest absolute Gasteiger partial charge is 1.00 e. The van der Waals surface area contributed by atoms with Crippen molar-refractivity contribution >= 4 is 11.6 Å². The average molecular weight is 515 g/mol. The molecule has 34 heavy (non-hydrogen) atoms. The third kappa shape index (κ3) is 12.0. The van der Waals surface area contributed by atoms with E-state index in [4.69, 9.17) is 30.5 Å². The second kappa shape index (κ2) is 17.9. The SMILES string of the molecule is CCC(O)(CC)CO.CCC(O)(CC)COCc1c(C)noc1C.Cc1noc(C)c1CCl.[H-].[Na+]. The van der Waals surface area contributed by atoms with Gasteiger partial charge < -0.3 is 30.5 Å². The van der Waals surface area contributed by atoms with Crippen molar-refractivity contribution in [3.8, 4) is 0 Å². The van der Waals surface area contributed by atoms with Gasteiger partial charge in [-0.25, -0.2) is 0 Å². The third-order valence-corrected chi connectivity index (χ3v) is 6.31. The van der Waals surface area contributed by atoms with Crippen molar-refractivity contribution in [2.45, 2.75) is 105 Å². The van der Waals surface area contributed by atoms with Gasteiger partial charge >= 0.3 is 29.6 Å². The molecule has 2 rings (SSSR count). The first-order chi connectivity index (χ1) is 15.5. The molecule has 0 bridgehead atoms. The van der Waals surface area contributed by atoms with Crippen LogP contribution in [0.25, 0.3) is 0 Å². The summed E-state index contributed by atoms with van der Waals surface area (Å²) in [4.78, 5) is 0. The molecule has 8 nitrogen and oxygen atoms in total. The van der Waals surface area contributed by atoms with Crippen LogP contribution in [0.5, 0.6) is 0 Å². The first-order valence-electron chi connectivity index (χ1n) is 11.5. The number of aliphatic hydroxyl groups excluding tert-OH is 1. The fraction of sp³-hybridized carbons (Fsp3) is 0.750. The van der Waals surface area contributed by atoms with Gasteiger partial charge in [-0.15, -0.1) is 11.6 Å². The van der Waals surface area contributed by atoms with Crippen molar-refractivity contribution in [2.24, 2.45) is 0 Å². The van der Waals surface area contributed by atoms with E-state index in [1.807, 2.05) is 55.4 Å². The normalized spacial score (nSPS) is 11.2. The van der Waals surface area contributed by atoms with E-state index in [0.717, 1.165) is 34.0 Å². The van der Waals surface area contributed by atoms with Gasteiger partial charge in [0.05, 0.1) is 48.3 Å². The summed E-state index contributed by atoms with van der Waals surface area (Å²) < 4.78 is 15.4. The molecule has 0 aliphatic heterocycles. The molecule has 0 fully saturated rings. The van der Waals surface area contributed by atoms with E-state index >= 15 is 0 Å². The zero-order valence-corrected chi connectivity index (χ0v) is 25.3. The van der Waals surface area contributed by atoms with Crippen LogP contribution >= 0.6 is 11.6 Å². The number of halogens is 1. The monoisotopic (exact) mass is 514 g/mol. The van der Waals surface area contributed by atoms with Gasteiger partial charge in [-0.3, -0.25) is 0 Å². The van der Waals surface area contributed by atoms with E-state index in [1.54, 1.807) is 0 Å². The summed E-state index contributed by atoms with van der Waals surface area (Å²) in [5.74, 6) is 2.10. The van der Waals surface area contributed by atoms with Crippen molar-refractivity contribution in [1.82, 2.24) is 10.3 Å². The molecule has 0 amide bonds. The fourth-order valence-electron chi connectivity index (χ4n) is 2.67. The number of rotatable bonds is 10. The molecule has 194 valence electrons. The molecular formula is C24H44ClN2NaO6. The number of alkyl halides is 1. The number of aromatic nitrogens is 2. The van der Waals surface area contributed by atoms with Gasteiger partial charge in [0.25, 0.3) is 0 Å². The minimum atomic E-state index is -0.819. The zero-order chi connectivity index (χ0) is 25.7. The molecule has 0 saturated heterocycles. The van der Waals surface area contributed by atoms with E-state index in [9.17, 15) is 10.2 Å². The van der Waals surface area contributed by atoms with Crippen LogP contribution in [-0.4, -0.2) is 50.0 Å². The summed E-state index contributed by atoms with van der Waals surface area (Å²) in [6.07, 6.45) is 2.65. The summed E-state index contributed by atoms with van der Waals surface area (Å²) >= 11 is 5.58. The van der Waals surface area contributed by atoms with Gasteiger partial charge in [-0.2, -0.15) is 0 Å². The maximum absolute atomic E-state index is 10.0. The number of aryl methyl sites for hydroxylation is 4. The molecule has 0 spiro atoms. The Kier molecular flexibility index (Phi) is 18.8. The number of nitrogens with zero attached hydrogens (tertiary/aromatic N) is 2. The first-order valence-corrected chi connectivity index (χ1v) is 12.0. The van der Waals surface area contributed by atoms with Crippen LogP contribution in [-0.2, 0) is 17.2 Å². The maximum Gasteiger partial charge on any atom is 1.00 e. The second-order valence-electron chi connectivity index (χ2n) is 8.25. The topological polar surface area (TPSA) is 122 Å². The Labute approximate surface area is 233 Å². The zero-order valence-electron chi connectivity index (χ0n) is 23.5. The number of hydrogen-bond donors (Lipinski definition) is 3. The Hall–Kier alpha value is -0.450. The maximum atomic E-state index is 10.0. The van der Waals surface area contributed by atoms with Crippen LogP contribution in [0.4, 0.5) is 0 Å². The predicted octanol–water partition coefficient (Wildman–Crippen LogP) is 2.04. The van der Waals surface area contributed by atoms with Crippen molar-refractivity contribution in [3.05, 3.63) is 34.0 Å². The molecule has 0 saturated carbocycles. The van der Waals surface area contributed by atoms with Gasteiger partial charge in [0.15, 0.2) is 0 Å². The molecule has 2 aromatic heterocycles. The van der Waals surface area contributed by atoms with Gasteiger partial charge in [0, 0.05) is 11.1 Å². The largest absolute Gasteiger partial charge is 1.00 e. The molecule has 0 radical (unpaired) electrons. The van der Waals surface area contributed by atoms with Crippen LogP contribution in [0, 0.1) is 27.7 Å². The molecule has 2 heterocycles. The summed E-state index contributed by atoms with van der Waals surface area (Å²) in [6.45, 7) is 15.8. The van der Waals surface area contributed by atoms with Gasteiger partial charge in [0.2, 0.25) is 0 Å². The standard InChI is InChI=1S/C12H21NO3.C6H8ClNO.C6H14O2.Na.H/c1-5-12(14,6-2)8-15-7-11-9(3)13-16-10(11)4;1-4-6(3-7)5(2)9-8-4;1-3-6(8,4-2)5-7;;/h14H,5-8H2,1-4H3;3H2,1-2H3;7-8H,3-5H2,1-2H3;;/q;;;+1;-1. The Balaban J connectivity index is -0.000000463. The van der Waals surface area contributed by atoms with Crippen LogP contribution in [0.1, 0.15) is 88.8 Å². The quantitative estimate of drug-likeness (QED) is 0.325. The molecule has 3 N–H and O–H groups in total. The van der Waals surface area contributed by atoms with Crippen molar-refractivity contribution in [2.75, 3.05) is 13.2 Å². The Morgan fingerprint density at radius 3 is 1.47 bits per heavy atom. The number of ether oxygens (including phenoxy) is 1. The second-order valence-corrected chi connectivity index (χ2v) is 8.52. The van der Waals surface area contributed by atoms with Crippen LogP contribution in [0.15, 0.2) is 9.05 Å². The van der Waals surface area contributed by atoms with Crippen molar-refractivity contribution in [1.29, 1.82) is 0 Å². The van der Waals surface area contributed by atoms with Crippen LogP contribution in [0.2, 0.25) is 0 Å². The molecule has 0 aromatic carbocycles. The van der Waals surface area contributed by atoms with E-state index in [0.29, 0.717) is 44.8 Å². The Morgan fingerprint density at radius 2 is 1.24 bits per heavy atom. The molecular weight excluding hydrogens is 471 g/mol. The van der Waals surface area contributed by atoms with Gasteiger partial charge in [0.1, 0.15) is 11.5 Å². The number of aliphatic hydroxyl groups is 3. The fourth-order valence-corrected chi connectivity index (χ4v) is 3.05. The molecule has 10 heteroatoms. The van der Waals surface area contributed by atoms with E-state index < -0.39 is 11.2 Å². The minimum Gasteiger partial charge on any atom is -1.00 e. The minimum absolute atomic E-state index is 0. The summed E-state index contributed by atoms with van der Waals surface area (Å²) in [7, 11) is 0. The van der Waals surface area contributed by atoms with E-state index in [-0.39, 0.29) is 37.6 Å². The Morgan fingerprint density at radius 1 is 0.824 bits per heavy atom. The van der Waals surface area contributed by atoms with Gasteiger partial charge in [-0.1, -0.05) is 38.0 Å². The first kappa shape index (κ1) is 35.7. The molecule has 2 aromatic rings. The average Bonchev–Trinajstić information content (AvgIpc) is 3.33. The number of hydrogen-bond acceptors (Lipinski definition) is 8. The summed E-state index contributed by atoms with van der Waals surface area (Å²) in [5, 5.41) is 35.3. The third-order valence-electron chi connectivity index (χ3n) is 6.04. The van der Waals surface area contributed by atoms with E-state index in [2.05, 4.69) is 10.3 Å². The van der Waals surface area contributed by atoms with Crippen molar-refractivity contribution < 1.29 is 60.1 Å². The van der Waals surface area contributed by atoms with Crippen LogP contribution in [0.3, 0.4) is 0 Å². The van der Waals surface area contributed by atoms with Crippen molar-refractivity contribution in [3.63, 3.8) is 0 Å². The molecule has 0 aliphatic rings. The van der Waals surface area contributed by atoms with E-state index in [1.165, 1.54) is 0 Å². The summed E-state index contributed by atoms with van der Waals surface area (Å²) in [5.41, 5.74) is 2.21. The molecule has 0 aliphatic carbocycles. The van der Waals surface area contributed by atoms with Crippen LogP contribution < -0.4 is 29.6 Å². The molecule has 0 unspecified atom stereocenters. The molecule has 0 atom stereocenters. The summed E-state index contributed by atoms with van der Waals surface area (Å²) in [6, 6.07) is 0.